The summed E-state index contributed by atoms with van der Waals surface area (Å²) in [4.78, 5) is 0. The van der Waals surface area contributed by atoms with Crippen LogP contribution in [0.15, 0.2) is 40.0 Å². The van der Waals surface area contributed by atoms with Gasteiger partial charge in [0.2, 0.25) is 0 Å². The molecule has 1 aromatic carbocycles. The van der Waals surface area contributed by atoms with E-state index in [0.717, 1.165) is 34.5 Å². The van der Waals surface area contributed by atoms with Crippen LogP contribution in [0.5, 0.6) is 0 Å². The van der Waals surface area contributed by atoms with Crippen molar-refractivity contribution in [1.29, 1.82) is 0 Å². The van der Waals surface area contributed by atoms with Crippen LogP contribution in [0.25, 0.3) is 0 Å². The monoisotopic (exact) mass is 341 g/mol. The Balaban J connectivity index is 0.000000861. The molecule has 2 N–H and O–H groups in total. The lowest BCUT2D eigenvalue weighted by atomic mass is 10.0. The van der Waals surface area contributed by atoms with Gasteiger partial charge in [-0.05, 0) is 59.2 Å². The van der Waals surface area contributed by atoms with Crippen LogP contribution in [0.2, 0.25) is 5.02 Å². The molecule has 1 aliphatic carbocycles. The number of hydrogen-bond acceptors (Lipinski definition) is 1. The lowest BCUT2D eigenvalue weighted by Crippen LogP contribution is -2.03. The van der Waals surface area contributed by atoms with Crippen LogP contribution in [0.3, 0.4) is 0 Å². The van der Waals surface area contributed by atoms with Crippen molar-refractivity contribution in [3.63, 3.8) is 0 Å². The van der Waals surface area contributed by atoms with Gasteiger partial charge in [0.1, 0.15) is 0 Å². The summed E-state index contributed by atoms with van der Waals surface area (Å²) in [7, 11) is 0. The molecule has 19 heavy (non-hydrogen) atoms. The number of allylic oxidation sites excluding steroid dienone is 4. The molecule has 0 radical (unpaired) electrons. The van der Waals surface area contributed by atoms with Gasteiger partial charge in [0.15, 0.2) is 0 Å². The lowest BCUT2D eigenvalue weighted by Gasteiger charge is -2.05. The first-order valence-electron chi connectivity index (χ1n) is 6.65. The van der Waals surface area contributed by atoms with E-state index >= 15 is 0 Å². The molecule has 0 aromatic heterocycles. The lowest BCUT2D eigenvalue weighted by molar-refractivity contribution is 0.961. The Labute approximate surface area is 129 Å². The third kappa shape index (κ3) is 4.70. The molecule has 0 fully saturated rings. The summed E-state index contributed by atoms with van der Waals surface area (Å²) in [6.07, 6.45) is 4.91. The highest BCUT2D eigenvalue weighted by molar-refractivity contribution is 9.11. The maximum atomic E-state index is 6.16. The number of rotatable bonds is 1. The Morgan fingerprint density at radius 3 is 2.58 bits per heavy atom. The van der Waals surface area contributed by atoms with Gasteiger partial charge in [0.25, 0.3) is 0 Å². The molecule has 0 atom stereocenters. The highest BCUT2D eigenvalue weighted by Crippen LogP contribution is 2.27. The number of fused-ring (bicyclic) bond motifs is 1. The van der Waals surface area contributed by atoms with Crippen molar-refractivity contribution in [3.05, 3.63) is 56.2 Å². The Bertz CT molecular complexity index is 499. The highest BCUT2D eigenvalue weighted by atomic mass is 79.9. The summed E-state index contributed by atoms with van der Waals surface area (Å²) in [6.45, 7) is 6.02. The summed E-state index contributed by atoms with van der Waals surface area (Å²) in [5.74, 6) is 0. The van der Waals surface area contributed by atoms with Gasteiger partial charge in [-0.15, -0.1) is 0 Å². The third-order valence-corrected chi connectivity index (χ3v) is 3.46. The molecule has 1 aliphatic rings. The van der Waals surface area contributed by atoms with E-state index in [4.69, 9.17) is 17.3 Å². The van der Waals surface area contributed by atoms with Crippen LogP contribution in [-0.2, 0) is 12.8 Å². The highest BCUT2D eigenvalue weighted by Gasteiger charge is 2.13. The number of nitrogens with two attached hydrogens (primary N) is 1. The first kappa shape index (κ1) is 16.3. The Morgan fingerprint density at radius 2 is 1.95 bits per heavy atom. The van der Waals surface area contributed by atoms with Crippen LogP contribution < -0.4 is 5.73 Å². The number of hydrogen-bond donors (Lipinski definition) is 1. The first-order valence-corrected chi connectivity index (χ1v) is 7.82. The average Bonchev–Trinajstić information content (AvgIpc) is 2.52. The Hall–Kier alpha value is -0.730. The van der Waals surface area contributed by atoms with Crippen LogP contribution in [0, 0.1) is 0 Å². The molecule has 0 bridgehead atoms. The smallest absolute Gasteiger partial charge is 0.0408 e. The van der Waals surface area contributed by atoms with E-state index in [0.29, 0.717) is 0 Å². The third-order valence-electron chi connectivity index (χ3n) is 3.00. The van der Waals surface area contributed by atoms with Gasteiger partial charge in [-0.25, -0.2) is 0 Å². The van der Waals surface area contributed by atoms with Crippen LogP contribution in [0.1, 0.15) is 38.3 Å². The molecule has 0 amide bonds. The van der Waals surface area contributed by atoms with Crippen LogP contribution >= 0.6 is 27.5 Å². The maximum absolute atomic E-state index is 6.16. The zero-order chi connectivity index (χ0) is 14.4. The number of halogens is 2. The van der Waals surface area contributed by atoms with Crippen molar-refractivity contribution >= 4 is 27.5 Å². The SMILES string of the molecule is C/C(Br)=C\C1=C(N)Cc2ccc(Cl)cc2CC1.CC. The molecule has 3 heteroatoms. The predicted octanol–water partition coefficient (Wildman–Crippen LogP) is 5.37. The van der Waals surface area contributed by atoms with Crippen molar-refractivity contribution in [2.24, 2.45) is 5.73 Å². The van der Waals surface area contributed by atoms with Gasteiger partial charge in [-0.2, -0.15) is 0 Å². The fourth-order valence-electron chi connectivity index (χ4n) is 2.15. The van der Waals surface area contributed by atoms with E-state index in [1.165, 1.54) is 16.7 Å². The maximum Gasteiger partial charge on any atom is 0.0408 e. The molecule has 0 spiro atoms. The minimum atomic E-state index is 0.804. The summed E-state index contributed by atoms with van der Waals surface area (Å²) in [5, 5.41) is 0.804. The first-order chi connectivity index (χ1) is 9.06. The normalized spacial score (nSPS) is 15.3. The zero-order valence-electron chi connectivity index (χ0n) is 11.8. The zero-order valence-corrected chi connectivity index (χ0v) is 14.1. The molecule has 0 aliphatic heterocycles. The van der Waals surface area contributed by atoms with E-state index in [2.05, 4.69) is 34.1 Å². The van der Waals surface area contributed by atoms with Gasteiger partial charge >= 0.3 is 0 Å². The second-order valence-electron chi connectivity index (χ2n) is 4.37. The van der Waals surface area contributed by atoms with E-state index in [9.17, 15) is 0 Å². The molecule has 0 saturated carbocycles. The predicted molar refractivity (Wildman–Crippen MR) is 88.7 cm³/mol. The van der Waals surface area contributed by atoms with Crippen molar-refractivity contribution < 1.29 is 0 Å². The standard InChI is InChI=1S/C14H15BrClN.C2H6/c1-9(15)6-12-3-2-10-7-13(16)5-4-11(10)8-14(12)17;1-2/h4-7H,2-3,8,17H2,1H3;1-2H3/b9-6+;. The fraction of sp³-hybridized carbons (Fsp3) is 0.375. The molecule has 1 aromatic rings. The fourth-order valence-corrected chi connectivity index (χ4v) is 2.62. The average molecular weight is 343 g/mol. The van der Waals surface area contributed by atoms with Crippen molar-refractivity contribution in [2.75, 3.05) is 0 Å². The van der Waals surface area contributed by atoms with Gasteiger partial charge in [0.05, 0.1) is 0 Å². The topological polar surface area (TPSA) is 26.0 Å². The summed E-state index contributed by atoms with van der Waals surface area (Å²) in [5.41, 5.74) is 11.0. The molecule has 2 rings (SSSR count). The van der Waals surface area contributed by atoms with Gasteiger partial charge in [-0.3, -0.25) is 0 Å². The van der Waals surface area contributed by atoms with Gasteiger partial charge < -0.3 is 5.73 Å². The van der Waals surface area contributed by atoms with E-state index < -0.39 is 0 Å². The Morgan fingerprint density at radius 1 is 1.26 bits per heavy atom. The molecular formula is C16H21BrClN. The largest absolute Gasteiger partial charge is 0.402 e. The van der Waals surface area contributed by atoms with Gasteiger partial charge in [0, 0.05) is 17.1 Å². The van der Waals surface area contributed by atoms with E-state index in [1.54, 1.807) is 0 Å². The summed E-state index contributed by atoms with van der Waals surface area (Å²) < 4.78 is 1.11. The molecule has 0 unspecified atom stereocenters. The van der Waals surface area contributed by atoms with Crippen LogP contribution in [-0.4, -0.2) is 0 Å². The summed E-state index contributed by atoms with van der Waals surface area (Å²) in [6, 6.07) is 6.07. The summed E-state index contributed by atoms with van der Waals surface area (Å²) >= 11 is 9.48. The minimum absolute atomic E-state index is 0.804. The van der Waals surface area contributed by atoms with Crippen molar-refractivity contribution in [3.8, 4) is 0 Å². The van der Waals surface area contributed by atoms with Crippen molar-refractivity contribution in [1.82, 2.24) is 0 Å². The molecule has 0 heterocycles. The molecule has 104 valence electrons. The second kappa shape index (κ2) is 7.76. The number of benzene rings is 1. The van der Waals surface area contributed by atoms with Crippen LogP contribution in [0.4, 0.5) is 0 Å². The van der Waals surface area contributed by atoms with Gasteiger partial charge in [-0.1, -0.05) is 47.4 Å². The molecular weight excluding hydrogens is 322 g/mol. The Kier molecular flexibility index (Phi) is 6.67. The quantitative estimate of drug-likeness (QED) is 0.730. The number of aryl methyl sites for hydroxylation is 1. The minimum Gasteiger partial charge on any atom is -0.402 e. The van der Waals surface area contributed by atoms with E-state index in [1.807, 2.05) is 26.8 Å². The molecule has 0 saturated heterocycles. The molecule has 1 nitrogen and oxygen atoms in total. The second-order valence-corrected chi connectivity index (χ2v) is 6.06. The van der Waals surface area contributed by atoms with E-state index in [-0.39, 0.29) is 0 Å². The van der Waals surface area contributed by atoms with Crippen molar-refractivity contribution in [2.45, 2.75) is 40.0 Å².